The number of phenols is 1. The fourth-order valence-corrected chi connectivity index (χ4v) is 3.05. The molecule has 0 saturated carbocycles. The van der Waals surface area contributed by atoms with E-state index in [0.29, 0.717) is 6.61 Å². The molecule has 2 aromatic rings. The molecule has 0 spiro atoms. The molecule has 25 heavy (non-hydrogen) atoms. The Hall–Kier alpha value is -2.13. The normalized spacial score (nSPS) is 14.2. The third-order valence-electron chi connectivity index (χ3n) is 4.22. The molecule has 0 unspecified atom stereocenters. The number of thiol groups is 1. The van der Waals surface area contributed by atoms with Gasteiger partial charge in [0.25, 0.3) is 0 Å². The molecular formula is C22H24O2S. The lowest BCUT2D eigenvalue weighted by atomic mass is 9.92. The predicted molar refractivity (Wildman–Crippen MR) is 108 cm³/mol. The molecule has 0 aromatic heterocycles. The monoisotopic (exact) mass is 352 g/mol. The second kappa shape index (κ2) is 6.64. The van der Waals surface area contributed by atoms with Crippen LogP contribution in [0.2, 0.25) is 0 Å². The Morgan fingerprint density at radius 3 is 2.60 bits per heavy atom. The molecule has 0 radical (unpaired) electrons. The number of hydrogen-bond acceptors (Lipinski definition) is 3. The summed E-state index contributed by atoms with van der Waals surface area (Å²) in [6.07, 6.45) is 6.45. The van der Waals surface area contributed by atoms with Crippen molar-refractivity contribution in [3.8, 4) is 11.5 Å². The zero-order valence-corrected chi connectivity index (χ0v) is 16.0. The van der Waals surface area contributed by atoms with E-state index < -0.39 is 0 Å². The lowest BCUT2D eigenvalue weighted by molar-refractivity contribution is 0.363. The van der Waals surface area contributed by atoms with Gasteiger partial charge in [-0.05, 0) is 42.2 Å². The van der Waals surface area contributed by atoms with Gasteiger partial charge >= 0.3 is 0 Å². The van der Waals surface area contributed by atoms with Crippen LogP contribution in [0, 0.1) is 12.3 Å². The van der Waals surface area contributed by atoms with Crippen LogP contribution in [0.4, 0.5) is 0 Å². The largest absolute Gasteiger partial charge is 0.507 e. The van der Waals surface area contributed by atoms with Gasteiger partial charge in [0.1, 0.15) is 18.1 Å². The Kier molecular flexibility index (Phi) is 4.70. The van der Waals surface area contributed by atoms with Crippen molar-refractivity contribution in [3.05, 3.63) is 58.7 Å². The van der Waals surface area contributed by atoms with E-state index in [1.807, 2.05) is 12.1 Å². The van der Waals surface area contributed by atoms with E-state index in [1.165, 1.54) is 5.56 Å². The minimum atomic E-state index is 0.116. The number of aryl methyl sites for hydroxylation is 1. The number of fused-ring (bicyclic) bond motifs is 1. The Labute approximate surface area is 155 Å². The van der Waals surface area contributed by atoms with E-state index >= 15 is 0 Å². The lowest BCUT2D eigenvalue weighted by Crippen LogP contribution is -2.09. The molecule has 3 heteroatoms. The number of benzene rings is 2. The van der Waals surface area contributed by atoms with Crippen LogP contribution in [0.25, 0.3) is 17.7 Å². The predicted octanol–water partition coefficient (Wildman–Crippen LogP) is 5.98. The topological polar surface area (TPSA) is 29.5 Å². The quantitative estimate of drug-likeness (QED) is 0.651. The van der Waals surface area contributed by atoms with Crippen molar-refractivity contribution in [1.29, 1.82) is 0 Å². The maximum Gasteiger partial charge on any atom is 0.134 e. The number of hydrogen-bond donors (Lipinski definition) is 2. The van der Waals surface area contributed by atoms with Crippen molar-refractivity contribution < 1.29 is 9.84 Å². The molecule has 1 aliphatic rings. The summed E-state index contributed by atoms with van der Waals surface area (Å²) < 4.78 is 6.10. The Bertz CT molecular complexity index is 870. The molecular weight excluding hydrogens is 328 g/mol. The maximum atomic E-state index is 10.2. The zero-order chi connectivity index (χ0) is 18.2. The third kappa shape index (κ3) is 3.93. The first-order valence-corrected chi connectivity index (χ1v) is 8.88. The van der Waals surface area contributed by atoms with Gasteiger partial charge in [-0.1, -0.05) is 45.1 Å². The number of aromatic hydroxyl groups is 1. The smallest absolute Gasteiger partial charge is 0.134 e. The van der Waals surface area contributed by atoms with Crippen molar-refractivity contribution in [2.45, 2.75) is 32.6 Å². The second-order valence-electron chi connectivity index (χ2n) is 7.57. The number of rotatable bonds is 2. The van der Waals surface area contributed by atoms with Gasteiger partial charge in [-0.2, -0.15) is 0 Å². The summed E-state index contributed by atoms with van der Waals surface area (Å²) in [5.41, 5.74) is 5.22. The molecule has 0 fully saturated rings. The summed E-state index contributed by atoms with van der Waals surface area (Å²) in [6, 6.07) is 9.60. The highest BCUT2D eigenvalue weighted by atomic mass is 32.1. The summed E-state index contributed by atoms with van der Waals surface area (Å²) >= 11 is 4.26. The standard InChI is InChI=1S/C22H24O2S/c1-14-5-6-15-11-16(19-8-7-17(25)12-20(19)23)13-24-21(15)18(14)9-10-22(2,3)4/h5-12,23,25H,13H2,1-4H3/b10-9-. The van der Waals surface area contributed by atoms with E-state index in [-0.39, 0.29) is 11.2 Å². The molecule has 3 rings (SSSR count). The van der Waals surface area contributed by atoms with Crippen LogP contribution in [-0.4, -0.2) is 11.7 Å². The molecule has 0 bridgehead atoms. The fourth-order valence-electron chi connectivity index (χ4n) is 2.86. The van der Waals surface area contributed by atoms with Gasteiger partial charge in [0.05, 0.1) is 0 Å². The van der Waals surface area contributed by atoms with Crippen LogP contribution in [-0.2, 0) is 0 Å². The average molecular weight is 352 g/mol. The number of phenolic OH excluding ortho intramolecular Hbond substituents is 1. The van der Waals surface area contributed by atoms with Crippen LogP contribution in [0.15, 0.2) is 41.3 Å². The van der Waals surface area contributed by atoms with Crippen LogP contribution in [0.1, 0.15) is 43.0 Å². The minimum absolute atomic E-state index is 0.116. The fraction of sp³-hybridized carbons (Fsp3) is 0.273. The first-order valence-electron chi connectivity index (χ1n) is 8.43. The summed E-state index contributed by atoms with van der Waals surface area (Å²) in [5, 5.41) is 10.2. The molecule has 0 saturated heterocycles. The molecule has 1 N–H and O–H groups in total. The molecule has 0 aliphatic carbocycles. The summed E-state index contributed by atoms with van der Waals surface area (Å²) in [4.78, 5) is 0.740. The number of allylic oxidation sites excluding steroid dienone is 1. The second-order valence-corrected chi connectivity index (χ2v) is 8.09. The van der Waals surface area contributed by atoms with Gasteiger partial charge in [0.15, 0.2) is 0 Å². The van der Waals surface area contributed by atoms with Crippen molar-refractivity contribution in [2.24, 2.45) is 5.41 Å². The molecule has 1 heterocycles. The highest BCUT2D eigenvalue weighted by molar-refractivity contribution is 7.80. The van der Waals surface area contributed by atoms with E-state index in [2.05, 4.69) is 70.7 Å². The first kappa shape index (κ1) is 17.7. The van der Waals surface area contributed by atoms with E-state index in [0.717, 1.165) is 32.9 Å². The highest BCUT2D eigenvalue weighted by Crippen LogP contribution is 2.38. The summed E-state index contributed by atoms with van der Waals surface area (Å²) in [7, 11) is 0. The number of ether oxygens (including phenoxy) is 1. The van der Waals surface area contributed by atoms with Crippen LogP contribution in [0.5, 0.6) is 11.5 Å². The SMILES string of the molecule is Cc1ccc2c(c1/C=C\C(C)(C)C)OCC(c1ccc(S)cc1O)=C2. The zero-order valence-electron chi connectivity index (χ0n) is 15.1. The Morgan fingerprint density at radius 2 is 1.92 bits per heavy atom. The van der Waals surface area contributed by atoms with Gasteiger partial charge in [0.2, 0.25) is 0 Å². The maximum absolute atomic E-state index is 10.2. The van der Waals surface area contributed by atoms with Gasteiger partial charge in [-0.3, -0.25) is 0 Å². The average Bonchev–Trinajstić information content (AvgIpc) is 2.52. The third-order valence-corrected chi connectivity index (χ3v) is 4.50. The van der Waals surface area contributed by atoms with Gasteiger partial charge in [0, 0.05) is 27.2 Å². The van der Waals surface area contributed by atoms with Gasteiger partial charge < -0.3 is 9.84 Å². The molecule has 2 aromatic carbocycles. The summed E-state index contributed by atoms with van der Waals surface area (Å²) in [6.45, 7) is 9.08. The van der Waals surface area contributed by atoms with Crippen molar-refractivity contribution in [1.82, 2.24) is 0 Å². The van der Waals surface area contributed by atoms with E-state index in [1.54, 1.807) is 6.07 Å². The van der Waals surface area contributed by atoms with Crippen molar-refractivity contribution in [2.75, 3.05) is 6.61 Å². The lowest BCUT2D eigenvalue weighted by Gasteiger charge is -2.22. The Balaban J connectivity index is 2.04. The molecule has 0 atom stereocenters. The minimum Gasteiger partial charge on any atom is -0.507 e. The highest BCUT2D eigenvalue weighted by Gasteiger charge is 2.19. The molecule has 130 valence electrons. The Morgan fingerprint density at radius 1 is 1.16 bits per heavy atom. The van der Waals surface area contributed by atoms with Crippen LogP contribution in [0.3, 0.4) is 0 Å². The van der Waals surface area contributed by atoms with Crippen LogP contribution >= 0.6 is 12.6 Å². The van der Waals surface area contributed by atoms with E-state index in [9.17, 15) is 5.11 Å². The van der Waals surface area contributed by atoms with E-state index in [4.69, 9.17) is 4.74 Å². The van der Waals surface area contributed by atoms with Crippen molar-refractivity contribution >= 4 is 30.4 Å². The van der Waals surface area contributed by atoms with Crippen LogP contribution < -0.4 is 4.74 Å². The van der Waals surface area contributed by atoms with Gasteiger partial charge in [-0.25, -0.2) is 0 Å². The molecule has 2 nitrogen and oxygen atoms in total. The molecule has 0 amide bonds. The first-order chi connectivity index (χ1) is 11.7. The summed E-state index contributed by atoms with van der Waals surface area (Å²) in [5.74, 6) is 1.14. The van der Waals surface area contributed by atoms with Gasteiger partial charge in [-0.15, -0.1) is 12.6 Å². The molecule has 1 aliphatic heterocycles. The van der Waals surface area contributed by atoms with Crippen molar-refractivity contribution in [3.63, 3.8) is 0 Å².